The molecule has 0 aliphatic carbocycles. The SMILES string of the molecule is Cc1cc(C)c(C(=O)O)c(Nc2ccc(I)cc2)n1. The summed E-state index contributed by atoms with van der Waals surface area (Å²) in [6.07, 6.45) is 0. The highest BCUT2D eigenvalue weighted by Crippen LogP contribution is 2.23. The lowest BCUT2D eigenvalue weighted by Crippen LogP contribution is -2.08. The molecule has 0 saturated carbocycles. The van der Waals surface area contributed by atoms with Crippen LogP contribution < -0.4 is 5.32 Å². The number of aromatic carboxylic acids is 1. The first-order chi connectivity index (χ1) is 8.97. The standard InChI is InChI=1S/C14H13IN2O2/c1-8-7-9(2)16-13(12(8)14(18)19)17-11-5-3-10(15)4-6-11/h3-7H,1-2H3,(H,16,17)(H,18,19). The van der Waals surface area contributed by atoms with Crippen molar-refractivity contribution in [2.75, 3.05) is 5.32 Å². The molecule has 0 spiro atoms. The Labute approximate surface area is 125 Å². The lowest BCUT2D eigenvalue weighted by molar-refractivity contribution is 0.0697. The third-order valence-electron chi connectivity index (χ3n) is 2.67. The maximum Gasteiger partial charge on any atom is 0.339 e. The Bertz CT molecular complexity index is 624. The Kier molecular flexibility index (Phi) is 4.04. The number of carboxylic acids is 1. The highest BCUT2D eigenvalue weighted by molar-refractivity contribution is 14.1. The monoisotopic (exact) mass is 368 g/mol. The first-order valence-electron chi connectivity index (χ1n) is 5.71. The van der Waals surface area contributed by atoms with Crippen LogP contribution in [-0.4, -0.2) is 16.1 Å². The maximum absolute atomic E-state index is 11.3. The molecule has 19 heavy (non-hydrogen) atoms. The van der Waals surface area contributed by atoms with Gasteiger partial charge in [-0.15, -0.1) is 0 Å². The minimum Gasteiger partial charge on any atom is -0.478 e. The number of carbonyl (C=O) groups is 1. The zero-order valence-electron chi connectivity index (χ0n) is 10.6. The number of halogens is 1. The molecule has 0 atom stereocenters. The summed E-state index contributed by atoms with van der Waals surface area (Å²) in [6.45, 7) is 3.62. The molecule has 5 heteroatoms. The van der Waals surface area contributed by atoms with Crippen LogP contribution in [0, 0.1) is 17.4 Å². The van der Waals surface area contributed by atoms with E-state index in [2.05, 4.69) is 32.9 Å². The molecule has 0 amide bonds. The van der Waals surface area contributed by atoms with Gasteiger partial charge in [0.15, 0.2) is 0 Å². The van der Waals surface area contributed by atoms with Gasteiger partial charge in [0.2, 0.25) is 0 Å². The average molecular weight is 368 g/mol. The lowest BCUT2D eigenvalue weighted by atomic mass is 10.1. The van der Waals surface area contributed by atoms with Crippen LogP contribution in [0.5, 0.6) is 0 Å². The smallest absolute Gasteiger partial charge is 0.339 e. The van der Waals surface area contributed by atoms with Crippen molar-refractivity contribution in [1.82, 2.24) is 4.98 Å². The minimum atomic E-state index is -0.974. The second-order valence-electron chi connectivity index (χ2n) is 4.24. The van der Waals surface area contributed by atoms with E-state index in [1.165, 1.54) is 0 Å². The summed E-state index contributed by atoms with van der Waals surface area (Å²) in [4.78, 5) is 15.6. The van der Waals surface area contributed by atoms with Gasteiger partial charge in [0.05, 0.1) is 0 Å². The van der Waals surface area contributed by atoms with Gasteiger partial charge in [-0.25, -0.2) is 9.78 Å². The number of carboxylic acid groups (broad SMARTS) is 1. The molecule has 2 N–H and O–H groups in total. The van der Waals surface area contributed by atoms with Crippen LogP contribution in [0.2, 0.25) is 0 Å². The number of rotatable bonds is 3. The summed E-state index contributed by atoms with van der Waals surface area (Å²) >= 11 is 2.22. The van der Waals surface area contributed by atoms with E-state index < -0.39 is 5.97 Å². The number of anilines is 2. The molecule has 0 aliphatic heterocycles. The first kappa shape index (κ1) is 13.8. The summed E-state index contributed by atoms with van der Waals surface area (Å²) in [5.41, 5.74) is 2.52. The van der Waals surface area contributed by atoms with Gasteiger partial charge in [-0.2, -0.15) is 0 Å². The molecule has 1 aromatic heterocycles. The van der Waals surface area contributed by atoms with Crippen LogP contribution in [-0.2, 0) is 0 Å². The number of hydrogen-bond donors (Lipinski definition) is 2. The van der Waals surface area contributed by atoms with Crippen molar-refractivity contribution in [3.8, 4) is 0 Å². The molecule has 0 unspecified atom stereocenters. The second kappa shape index (κ2) is 5.56. The summed E-state index contributed by atoms with van der Waals surface area (Å²) in [6, 6.07) is 9.46. The predicted octanol–water partition coefficient (Wildman–Crippen LogP) is 3.74. The molecule has 4 nitrogen and oxygen atoms in total. The van der Waals surface area contributed by atoms with Gasteiger partial charge in [-0.1, -0.05) is 0 Å². The molecule has 0 bridgehead atoms. The number of nitrogens with zero attached hydrogens (tertiary/aromatic N) is 1. The predicted molar refractivity (Wildman–Crippen MR) is 83.1 cm³/mol. The van der Waals surface area contributed by atoms with E-state index in [0.29, 0.717) is 11.4 Å². The molecular formula is C14H13IN2O2. The zero-order valence-corrected chi connectivity index (χ0v) is 12.7. The van der Waals surface area contributed by atoms with Gasteiger partial charge in [0.25, 0.3) is 0 Å². The van der Waals surface area contributed by atoms with E-state index >= 15 is 0 Å². The fourth-order valence-electron chi connectivity index (χ4n) is 1.87. The Morgan fingerprint density at radius 3 is 2.47 bits per heavy atom. The Morgan fingerprint density at radius 2 is 1.89 bits per heavy atom. The van der Waals surface area contributed by atoms with Gasteiger partial charge in [-0.05, 0) is 72.3 Å². The Balaban J connectivity index is 2.44. The van der Waals surface area contributed by atoms with E-state index in [-0.39, 0.29) is 5.56 Å². The fourth-order valence-corrected chi connectivity index (χ4v) is 2.23. The number of aromatic nitrogens is 1. The van der Waals surface area contributed by atoms with Gasteiger partial charge < -0.3 is 10.4 Å². The van der Waals surface area contributed by atoms with Gasteiger partial charge >= 0.3 is 5.97 Å². The van der Waals surface area contributed by atoms with Crippen LogP contribution in [0.3, 0.4) is 0 Å². The van der Waals surface area contributed by atoms with Gasteiger partial charge in [0.1, 0.15) is 11.4 Å². The van der Waals surface area contributed by atoms with Crippen molar-refractivity contribution in [1.29, 1.82) is 0 Å². The van der Waals surface area contributed by atoms with E-state index in [0.717, 1.165) is 15.0 Å². The molecule has 0 fully saturated rings. The topological polar surface area (TPSA) is 62.2 Å². The van der Waals surface area contributed by atoms with Gasteiger partial charge in [-0.3, -0.25) is 0 Å². The van der Waals surface area contributed by atoms with Crippen LogP contribution >= 0.6 is 22.6 Å². The van der Waals surface area contributed by atoms with E-state index in [1.807, 2.05) is 31.2 Å². The van der Waals surface area contributed by atoms with Crippen molar-refractivity contribution in [3.05, 3.63) is 50.7 Å². The highest BCUT2D eigenvalue weighted by atomic mass is 127. The number of hydrogen-bond acceptors (Lipinski definition) is 3. The summed E-state index contributed by atoms with van der Waals surface area (Å²) < 4.78 is 1.12. The van der Waals surface area contributed by atoms with Crippen molar-refractivity contribution in [3.63, 3.8) is 0 Å². The third-order valence-corrected chi connectivity index (χ3v) is 3.38. The minimum absolute atomic E-state index is 0.212. The van der Waals surface area contributed by atoms with E-state index in [1.54, 1.807) is 13.0 Å². The number of pyridine rings is 1. The Morgan fingerprint density at radius 1 is 1.26 bits per heavy atom. The maximum atomic E-state index is 11.3. The van der Waals surface area contributed by atoms with Crippen molar-refractivity contribution in [2.24, 2.45) is 0 Å². The zero-order chi connectivity index (χ0) is 14.0. The highest BCUT2D eigenvalue weighted by Gasteiger charge is 2.15. The van der Waals surface area contributed by atoms with Crippen molar-refractivity contribution >= 4 is 40.1 Å². The van der Waals surface area contributed by atoms with E-state index in [9.17, 15) is 9.90 Å². The first-order valence-corrected chi connectivity index (χ1v) is 6.79. The molecule has 98 valence electrons. The third kappa shape index (κ3) is 3.23. The lowest BCUT2D eigenvalue weighted by Gasteiger charge is -2.12. The van der Waals surface area contributed by atoms with Crippen LogP contribution in [0.25, 0.3) is 0 Å². The van der Waals surface area contributed by atoms with Crippen molar-refractivity contribution < 1.29 is 9.90 Å². The second-order valence-corrected chi connectivity index (χ2v) is 5.49. The van der Waals surface area contributed by atoms with Crippen LogP contribution in [0.15, 0.2) is 30.3 Å². The molecule has 0 radical (unpaired) electrons. The summed E-state index contributed by atoms with van der Waals surface area (Å²) in [5.74, 6) is -0.593. The summed E-state index contributed by atoms with van der Waals surface area (Å²) in [5, 5.41) is 12.3. The molecule has 1 aromatic carbocycles. The quantitative estimate of drug-likeness (QED) is 0.811. The molecule has 1 heterocycles. The molecule has 0 saturated heterocycles. The van der Waals surface area contributed by atoms with Crippen molar-refractivity contribution in [2.45, 2.75) is 13.8 Å². The average Bonchev–Trinajstić information content (AvgIpc) is 2.30. The fraction of sp³-hybridized carbons (Fsp3) is 0.143. The Hall–Kier alpha value is -1.63. The summed E-state index contributed by atoms with van der Waals surface area (Å²) in [7, 11) is 0. The molecule has 2 aromatic rings. The normalized spacial score (nSPS) is 10.3. The van der Waals surface area contributed by atoms with Crippen LogP contribution in [0.1, 0.15) is 21.6 Å². The molecular weight excluding hydrogens is 355 g/mol. The number of benzene rings is 1. The largest absolute Gasteiger partial charge is 0.478 e. The van der Waals surface area contributed by atoms with Crippen LogP contribution in [0.4, 0.5) is 11.5 Å². The molecule has 2 rings (SSSR count). The molecule has 0 aliphatic rings. The number of nitrogens with one attached hydrogen (secondary N) is 1. The van der Waals surface area contributed by atoms with Gasteiger partial charge in [0, 0.05) is 15.0 Å². The van der Waals surface area contributed by atoms with E-state index in [4.69, 9.17) is 0 Å². The number of aryl methyl sites for hydroxylation is 2.